The van der Waals surface area contributed by atoms with Crippen molar-refractivity contribution in [3.63, 3.8) is 0 Å². The second-order valence-corrected chi connectivity index (χ2v) is 8.54. The molecular formula is C20H17ClN2O5S2. The highest BCUT2D eigenvalue weighted by Gasteiger charge is 2.35. The fourth-order valence-corrected chi connectivity index (χ4v) is 4.25. The lowest BCUT2D eigenvalue weighted by Gasteiger charge is -2.16. The molecule has 0 radical (unpaired) electrons. The smallest absolute Gasteiger partial charge is 0.271 e. The molecule has 0 unspecified atom stereocenters. The number of nitro groups is 1. The Morgan fingerprint density at radius 1 is 1.30 bits per heavy atom. The van der Waals surface area contributed by atoms with E-state index < -0.39 is 10.8 Å². The third-order valence-corrected chi connectivity index (χ3v) is 5.67. The summed E-state index contributed by atoms with van der Waals surface area (Å²) in [5, 5.41) is 11.3. The summed E-state index contributed by atoms with van der Waals surface area (Å²) < 4.78 is 11.5. The normalized spacial score (nSPS) is 15.2. The van der Waals surface area contributed by atoms with Crippen LogP contribution >= 0.6 is 35.6 Å². The van der Waals surface area contributed by atoms with Crippen LogP contribution in [0.4, 0.5) is 11.4 Å². The number of hydrogen-bond acceptors (Lipinski definition) is 7. The lowest BCUT2D eigenvalue weighted by atomic mass is 10.1. The summed E-state index contributed by atoms with van der Waals surface area (Å²) in [6.45, 7) is 3.78. The average Bonchev–Trinajstić information content (AvgIpc) is 2.96. The van der Waals surface area contributed by atoms with E-state index in [-0.39, 0.29) is 26.8 Å². The van der Waals surface area contributed by atoms with E-state index in [0.29, 0.717) is 22.0 Å². The van der Waals surface area contributed by atoms with Crippen LogP contribution in [-0.2, 0) is 4.79 Å². The van der Waals surface area contributed by atoms with Crippen LogP contribution in [0, 0.1) is 10.1 Å². The molecule has 156 valence electrons. The van der Waals surface area contributed by atoms with Crippen molar-refractivity contribution in [2.45, 2.75) is 20.0 Å². The van der Waals surface area contributed by atoms with E-state index >= 15 is 0 Å². The van der Waals surface area contributed by atoms with Crippen LogP contribution in [0.2, 0.25) is 5.02 Å². The van der Waals surface area contributed by atoms with Gasteiger partial charge in [-0.15, -0.1) is 0 Å². The molecule has 0 aromatic heterocycles. The van der Waals surface area contributed by atoms with Crippen molar-refractivity contribution < 1.29 is 19.2 Å². The molecule has 30 heavy (non-hydrogen) atoms. The number of methoxy groups -OCH3 is 1. The van der Waals surface area contributed by atoms with Gasteiger partial charge in [-0.2, -0.15) is 0 Å². The summed E-state index contributed by atoms with van der Waals surface area (Å²) >= 11 is 12.6. The Bertz CT molecular complexity index is 1070. The van der Waals surface area contributed by atoms with Crippen molar-refractivity contribution in [1.82, 2.24) is 0 Å². The number of nitro benzene ring substituents is 1. The van der Waals surface area contributed by atoms with Gasteiger partial charge in [-0.05, 0) is 32.1 Å². The molecule has 0 aliphatic carbocycles. The number of benzene rings is 2. The maximum Gasteiger partial charge on any atom is 0.271 e. The average molecular weight is 465 g/mol. The highest BCUT2D eigenvalue weighted by atomic mass is 35.5. The maximum absolute atomic E-state index is 13.1. The Labute approximate surface area is 187 Å². The molecule has 0 saturated carbocycles. The van der Waals surface area contributed by atoms with Gasteiger partial charge in [0.05, 0.1) is 33.8 Å². The maximum atomic E-state index is 13.1. The number of anilines is 1. The third kappa shape index (κ3) is 4.43. The first kappa shape index (κ1) is 22.1. The number of thioether (sulfide) groups is 1. The number of rotatable bonds is 6. The highest BCUT2D eigenvalue weighted by Crippen LogP contribution is 2.42. The number of para-hydroxylation sites is 1. The van der Waals surface area contributed by atoms with Crippen LogP contribution in [-0.4, -0.2) is 28.4 Å². The minimum atomic E-state index is -0.556. The van der Waals surface area contributed by atoms with Crippen LogP contribution in [0.3, 0.4) is 0 Å². The summed E-state index contributed by atoms with van der Waals surface area (Å²) in [6, 6.07) is 9.22. The van der Waals surface area contributed by atoms with Crippen LogP contribution < -0.4 is 14.4 Å². The van der Waals surface area contributed by atoms with Gasteiger partial charge in [0.15, 0.2) is 15.8 Å². The molecule has 0 N–H and O–H groups in total. The summed E-state index contributed by atoms with van der Waals surface area (Å²) in [7, 11) is 1.54. The second kappa shape index (κ2) is 9.03. The van der Waals surface area contributed by atoms with Crippen molar-refractivity contribution in [2.75, 3.05) is 12.0 Å². The SMILES string of the molecule is COc1cccc(/C=C2\SC(=S)N(c3cc([N+](=O)[O-])ccc3Cl)C2=O)c1OC(C)C. The molecule has 3 rings (SSSR count). The number of ether oxygens (including phenoxy) is 2. The number of halogens is 1. The zero-order valence-electron chi connectivity index (χ0n) is 16.2. The lowest BCUT2D eigenvalue weighted by Crippen LogP contribution is -2.27. The van der Waals surface area contributed by atoms with Gasteiger partial charge in [0, 0.05) is 17.7 Å². The molecule has 0 bridgehead atoms. The van der Waals surface area contributed by atoms with E-state index in [9.17, 15) is 14.9 Å². The summed E-state index contributed by atoms with van der Waals surface area (Å²) in [5.41, 5.74) is 0.627. The molecule has 7 nitrogen and oxygen atoms in total. The van der Waals surface area contributed by atoms with Crippen molar-refractivity contribution in [3.05, 3.63) is 62.0 Å². The number of non-ortho nitro benzene ring substituents is 1. The summed E-state index contributed by atoms with van der Waals surface area (Å²) in [6.07, 6.45) is 1.55. The molecule has 0 atom stereocenters. The van der Waals surface area contributed by atoms with E-state index in [0.717, 1.165) is 11.8 Å². The predicted octanol–water partition coefficient (Wildman–Crippen LogP) is 5.45. The molecule has 0 spiro atoms. The molecular weight excluding hydrogens is 448 g/mol. The van der Waals surface area contributed by atoms with E-state index in [1.165, 1.54) is 30.2 Å². The molecule has 10 heteroatoms. The molecule has 1 aliphatic heterocycles. The molecule has 1 saturated heterocycles. The van der Waals surface area contributed by atoms with Crippen LogP contribution in [0.25, 0.3) is 6.08 Å². The molecule has 2 aromatic carbocycles. The van der Waals surface area contributed by atoms with Gasteiger partial charge in [0.25, 0.3) is 11.6 Å². The molecule has 2 aromatic rings. The second-order valence-electron chi connectivity index (χ2n) is 6.46. The van der Waals surface area contributed by atoms with Gasteiger partial charge in [-0.1, -0.05) is 47.7 Å². The van der Waals surface area contributed by atoms with Gasteiger partial charge in [0.2, 0.25) is 0 Å². The molecule has 1 fully saturated rings. The highest BCUT2D eigenvalue weighted by molar-refractivity contribution is 8.27. The first-order chi connectivity index (χ1) is 14.2. The van der Waals surface area contributed by atoms with Gasteiger partial charge in [0.1, 0.15) is 0 Å². The van der Waals surface area contributed by atoms with Gasteiger partial charge in [-0.3, -0.25) is 19.8 Å². The molecule has 1 aliphatic rings. The van der Waals surface area contributed by atoms with Crippen molar-refractivity contribution in [2.24, 2.45) is 0 Å². The van der Waals surface area contributed by atoms with Gasteiger partial charge < -0.3 is 9.47 Å². The van der Waals surface area contributed by atoms with E-state index in [4.69, 9.17) is 33.3 Å². The zero-order chi connectivity index (χ0) is 22.0. The number of nitrogens with zero attached hydrogens (tertiary/aromatic N) is 2. The fourth-order valence-electron chi connectivity index (χ4n) is 2.77. The van der Waals surface area contributed by atoms with E-state index in [1.807, 2.05) is 13.8 Å². The molecule has 1 heterocycles. The Balaban J connectivity index is 2.03. The Morgan fingerprint density at radius 3 is 2.67 bits per heavy atom. The van der Waals surface area contributed by atoms with Crippen molar-refractivity contribution >= 4 is 63.3 Å². The minimum Gasteiger partial charge on any atom is -0.493 e. The van der Waals surface area contributed by atoms with E-state index in [2.05, 4.69) is 0 Å². The Hall–Kier alpha value is -2.62. The number of carbonyl (C=O) groups excluding carboxylic acids is 1. The topological polar surface area (TPSA) is 81.9 Å². The lowest BCUT2D eigenvalue weighted by molar-refractivity contribution is -0.384. The van der Waals surface area contributed by atoms with Crippen molar-refractivity contribution in [1.29, 1.82) is 0 Å². The standard InChI is InChI=1S/C20H17ClN2O5S2/c1-11(2)28-18-12(5-4-6-16(18)27-3)9-17-19(24)22(20(29)30-17)15-10-13(23(25)26)7-8-14(15)21/h4-11H,1-3H3/b17-9-. The first-order valence-electron chi connectivity index (χ1n) is 8.78. The Kier molecular flexibility index (Phi) is 6.64. The minimum absolute atomic E-state index is 0.105. The number of amides is 1. The third-order valence-electron chi connectivity index (χ3n) is 4.04. The first-order valence-corrected chi connectivity index (χ1v) is 10.4. The number of hydrogen-bond donors (Lipinski definition) is 0. The van der Waals surface area contributed by atoms with Crippen LogP contribution in [0.1, 0.15) is 19.4 Å². The summed E-state index contributed by atoms with van der Waals surface area (Å²) in [5.74, 6) is 0.619. The van der Waals surface area contributed by atoms with Crippen molar-refractivity contribution in [3.8, 4) is 11.5 Å². The Morgan fingerprint density at radius 2 is 2.03 bits per heavy atom. The molecule has 1 amide bonds. The van der Waals surface area contributed by atoms with Crippen LogP contribution in [0.5, 0.6) is 11.5 Å². The quantitative estimate of drug-likeness (QED) is 0.243. The number of carbonyl (C=O) groups is 1. The predicted molar refractivity (Wildman–Crippen MR) is 123 cm³/mol. The largest absolute Gasteiger partial charge is 0.493 e. The van der Waals surface area contributed by atoms with Gasteiger partial charge in [-0.25, -0.2) is 0 Å². The monoisotopic (exact) mass is 464 g/mol. The van der Waals surface area contributed by atoms with Gasteiger partial charge >= 0.3 is 0 Å². The zero-order valence-corrected chi connectivity index (χ0v) is 18.6. The van der Waals surface area contributed by atoms with E-state index in [1.54, 1.807) is 24.3 Å². The number of thiocarbonyl (C=S) groups is 1. The fraction of sp³-hybridized carbons (Fsp3) is 0.200. The summed E-state index contributed by atoms with van der Waals surface area (Å²) in [4.78, 5) is 25.2. The van der Waals surface area contributed by atoms with Crippen LogP contribution in [0.15, 0.2) is 41.3 Å².